The molecule has 0 atom stereocenters. The van der Waals surface area contributed by atoms with Crippen molar-refractivity contribution in [3.8, 4) is 11.4 Å². The van der Waals surface area contributed by atoms with Gasteiger partial charge in [-0.1, -0.05) is 0 Å². The Morgan fingerprint density at radius 1 is 1.41 bits per heavy atom. The number of carbonyl (C=O) groups is 1. The predicted octanol–water partition coefficient (Wildman–Crippen LogP) is 2.16. The van der Waals surface area contributed by atoms with E-state index in [4.69, 9.17) is 4.42 Å². The number of hydrogen-bond acceptors (Lipinski definition) is 4. The van der Waals surface area contributed by atoms with E-state index in [2.05, 4.69) is 20.7 Å². The van der Waals surface area contributed by atoms with Crippen molar-refractivity contribution >= 4 is 11.6 Å². The van der Waals surface area contributed by atoms with Gasteiger partial charge in [0, 0.05) is 13.2 Å². The van der Waals surface area contributed by atoms with Crippen LogP contribution in [0.1, 0.15) is 23.2 Å². The maximum absolute atomic E-state index is 12.1. The van der Waals surface area contributed by atoms with Gasteiger partial charge in [0.25, 0.3) is 5.91 Å². The van der Waals surface area contributed by atoms with E-state index in [0.29, 0.717) is 22.9 Å². The van der Waals surface area contributed by atoms with Crippen molar-refractivity contribution in [3.05, 3.63) is 54.2 Å². The molecule has 0 radical (unpaired) electrons. The van der Waals surface area contributed by atoms with E-state index in [-0.39, 0.29) is 5.91 Å². The molecule has 1 amide bonds. The summed E-state index contributed by atoms with van der Waals surface area (Å²) in [7, 11) is 1.92. The van der Waals surface area contributed by atoms with Crippen LogP contribution in [0.25, 0.3) is 11.4 Å². The van der Waals surface area contributed by atoms with Crippen LogP contribution in [-0.4, -0.2) is 26.4 Å². The van der Waals surface area contributed by atoms with Crippen LogP contribution < -0.4 is 5.43 Å². The Hall–Kier alpha value is -3.09. The lowest BCUT2D eigenvalue weighted by Gasteiger charge is -1.98. The molecule has 0 aliphatic rings. The Kier molecular flexibility index (Phi) is 3.61. The maximum atomic E-state index is 12.1. The number of rotatable bonds is 4. The lowest BCUT2D eigenvalue weighted by Crippen LogP contribution is -2.19. The van der Waals surface area contributed by atoms with Gasteiger partial charge >= 0.3 is 0 Å². The molecule has 7 nitrogen and oxygen atoms in total. The quantitative estimate of drug-likeness (QED) is 0.571. The molecule has 0 saturated heterocycles. The van der Waals surface area contributed by atoms with Crippen LogP contribution in [0, 0.1) is 0 Å². The lowest BCUT2D eigenvalue weighted by atomic mass is 10.3. The summed E-state index contributed by atoms with van der Waals surface area (Å²) in [6.07, 6.45) is 3.47. The van der Waals surface area contributed by atoms with E-state index in [1.807, 2.05) is 29.9 Å². The second kappa shape index (κ2) is 5.72. The number of furan rings is 1. The van der Waals surface area contributed by atoms with E-state index in [0.717, 1.165) is 5.69 Å². The van der Waals surface area contributed by atoms with Crippen LogP contribution in [0.5, 0.6) is 0 Å². The van der Waals surface area contributed by atoms with Crippen LogP contribution >= 0.6 is 0 Å². The van der Waals surface area contributed by atoms with Crippen molar-refractivity contribution in [2.45, 2.75) is 6.92 Å². The molecule has 3 rings (SSSR count). The molecule has 3 aromatic heterocycles. The fraction of sp³-hybridized carbons (Fsp3) is 0.133. The Morgan fingerprint density at radius 2 is 2.27 bits per heavy atom. The minimum Gasteiger partial charge on any atom is -0.463 e. The number of nitrogens with one attached hydrogen (secondary N) is 2. The van der Waals surface area contributed by atoms with Gasteiger partial charge in [-0.05, 0) is 37.3 Å². The van der Waals surface area contributed by atoms with E-state index >= 15 is 0 Å². The number of H-pyrrole nitrogens is 1. The predicted molar refractivity (Wildman–Crippen MR) is 81.4 cm³/mol. The number of aryl methyl sites for hydroxylation is 1. The zero-order chi connectivity index (χ0) is 15.5. The fourth-order valence-electron chi connectivity index (χ4n) is 2.03. The third-order valence-corrected chi connectivity index (χ3v) is 3.23. The largest absolute Gasteiger partial charge is 0.463 e. The summed E-state index contributed by atoms with van der Waals surface area (Å²) in [4.78, 5) is 12.1. The Labute approximate surface area is 126 Å². The van der Waals surface area contributed by atoms with Gasteiger partial charge < -0.3 is 8.98 Å². The van der Waals surface area contributed by atoms with E-state index < -0.39 is 0 Å². The van der Waals surface area contributed by atoms with E-state index in [9.17, 15) is 4.79 Å². The molecule has 0 aliphatic heterocycles. The highest BCUT2D eigenvalue weighted by atomic mass is 16.3. The molecule has 0 bridgehead atoms. The standard InChI is InChI=1S/C15H15N5O2/c1-10(14-6-4-8-22-14)16-19-15(21)12-9-11(17-18-12)13-5-3-7-20(13)2/h3-9H,1-2H3,(H,17,18)(H,19,21). The number of hydrazone groups is 1. The van der Waals surface area contributed by atoms with Gasteiger partial charge in [-0.15, -0.1) is 0 Å². The molecule has 22 heavy (non-hydrogen) atoms. The number of aromatic amines is 1. The first kappa shape index (κ1) is 13.9. The maximum Gasteiger partial charge on any atom is 0.289 e. The molecular formula is C15H15N5O2. The van der Waals surface area contributed by atoms with Crippen molar-refractivity contribution < 1.29 is 9.21 Å². The Bertz CT molecular complexity index is 811. The monoisotopic (exact) mass is 297 g/mol. The molecule has 0 spiro atoms. The third-order valence-electron chi connectivity index (χ3n) is 3.23. The lowest BCUT2D eigenvalue weighted by molar-refractivity contribution is 0.0950. The summed E-state index contributed by atoms with van der Waals surface area (Å²) >= 11 is 0. The minimum atomic E-state index is -0.362. The molecule has 3 aromatic rings. The summed E-state index contributed by atoms with van der Waals surface area (Å²) < 4.78 is 7.12. The van der Waals surface area contributed by atoms with E-state index in [1.165, 1.54) is 0 Å². The topological polar surface area (TPSA) is 88.2 Å². The third kappa shape index (κ3) is 2.69. The molecule has 3 heterocycles. The molecule has 7 heteroatoms. The summed E-state index contributed by atoms with van der Waals surface area (Å²) in [5.41, 5.74) is 5.02. The molecule has 0 aromatic carbocycles. The van der Waals surface area contributed by atoms with Gasteiger partial charge in [-0.2, -0.15) is 10.2 Å². The van der Waals surface area contributed by atoms with Crippen LogP contribution in [0.15, 0.2) is 52.3 Å². The zero-order valence-corrected chi connectivity index (χ0v) is 12.2. The normalized spacial score (nSPS) is 11.6. The van der Waals surface area contributed by atoms with Gasteiger partial charge in [0.1, 0.15) is 22.9 Å². The molecule has 2 N–H and O–H groups in total. The summed E-state index contributed by atoms with van der Waals surface area (Å²) in [6, 6.07) is 9.06. The zero-order valence-electron chi connectivity index (χ0n) is 12.2. The average molecular weight is 297 g/mol. The average Bonchev–Trinajstić information content (AvgIpc) is 3.24. The fourth-order valence-corrected chi connectivity index (χ4v) is 2.03. The van der Waals surface area contributed by atoms with Gasteiger partial charge in [0.15, 0.2) is 0 Å². The molecule has 0 unspecified atom stereocenters. The van der Waals surface area contributed by atoms with Crippen LogP contribution in [0.4, 0.5) is 0 Å². The van der Waals surface area contributed by atoms with Crippen molar-refractivity contribution in [1.29, 1.82) is 0 Å². The minimum absolute atomic E-state index is 0.340. The molecule has 0 saturated carbocycles. The van der Waals surface area contributed by atoms with E-state index in [1.54, 1.807) is 31.4 Å². The molecular weight excluding hydrogens is 282 g/mol. The van der Waals surface area contributed by atoms with Crippen LogP contribution in [0.3, 0.4) is 0 Å². The highest BCUT2D eigenvalue weighted by molar-refractivity contribution is 5.98. The van der Waals surface area contributed by atoms with Gasteiger partial charge in [0.05, 0.1) is 12.0 Å². The molecule has 112 valence electrons. The van der Waals surface area contributed by atoms with Crippen molar-refractivity contribution in [3.63, 3.8) is 0 Å². The number of carbonyl (C=O) groups excluding carboxylic acids is 1. The molecule has 0 fully saturated rings. The first-order valence-electron chi connectivity index (χ1n) is 6.71. The number of nitrogens with zero attached hydrogens (tertiary/aromatic N) is 3. The second-order valence-corrected chi connectivity index (χ2v) is 4.79. The summed E-state index contributed by atoms with van der Waals surface area (Å²) in [5.74, 6) is 0.244. The summed E-state index contributed by atoms with van der Waals surface area (Å²) in [5, 5.41) is 10.9. The summed E-state index contributed by atoms with van der Waals surface area (Å²) in [6.45, 7) is 1.75. The van der Waals surface area contributed by atoms with Crippen molar-refractivity contribution in [2.75, 3.05) is 0 Å². The van der Waals surface area contributed by atoms with Crippen molar-refractivity contribution in [1.82, 2.24) is 20.2 Å². The Balaban J connectivity index is 1.72. The Morgan fingerprint density at radius 3 is 2.95 bits per heavy atom. The number of hydrogen-bond donors (Lipinski definition) is 2. The van der Waals surface area contributed by atoms with Crippen LogP contribution in [0.2, 0.25) is 0 Å². The number of aromatic nitrogens is 3. The van der Waals surface area contributed by atoms with Gasteiger partial charge in [-0.3, -0.25) is 9.89 Å². The second-order valence-electron chi connectivity index (χ2n) is 4.79. The highest BCUT2D eigenvalue weighted by Gasteiger charge is 2.12. The van der Waals surface area contributed by atoms with Crippen LogP contribution in [-0.2, 0) is 7.05 Å². The SMILES string of the molecule is CC(=NNC(=O)c1cc(-c2cccn2C)n[nH]1)c1ccco1. The van der Waals surface area contributed by atoms with Crippen molar-refractivity contribution in [2.24, 2.45) is 12.1 Å². The number of amides is 1. The first-order chi connectivity index (χ1) is 10.6. The molecule has 0 aliphatic carbocycles. The smallest absolute Gasteiger partial charge is 0.289 e. The first-order valence-corrected chi connectivity index (χ1v) is 6.71. The highest BCUT2D eigenvalue weighted by Crippen LogP contribution is 2.17. The van der Waals surface area contributed by atoms with Gasteiger partial charge in [0.2, 0.25) is 0 Å². The van der Waals surface area contributed by atoms with Gasteiger partial charge in [-0.25, -0.2) is 5.43 Å².